The molecular formula is C21H29N3O4S. The zero-order valence-electron chi connectivity index (χ0n) is 17.1. The van der Waals surface area contributed by atoms with Crippen LogP contribution in [-0.4, -0.2) is 43.1 Å². The molecule has 1 fully saturated rings. The third kappa shape index (κ3) is 3.86. The highest BCUT2D eigenvalue weighted by Crippen LogP contribution is 2.43. The van der Waals surface area contributed by atoms with Gasteiger partial charge in [0.25, 0.3) is 0 Å². The fraction of sp³-hybridized carbons (Fsp3) is 0.619. The molecular weight excluding hydrogens is 390 g/mol. The van der Waals surface area contributed by atoms with Crippen molar-refractivity contribution in [1.82, 2.24) is 9.62 Å². The van der Waals surface area contributed by atoms with Gasteiger partial charge in [0.05, 0.1) is 11.3 Å². The topological polar surface area (TPSA) is 95.6 Å². The van der Waals surface area contributed by atoms with Crippen LogP contribution in [-0.2, 0) is 40.5 Å². The van der Waals surface area contributed by atoms with E-state index in [0.29, 0.717) is 19.4 Å². The summed E-state index contributed by atoms with van der Waals surface area (Å²) in [7, 11) is -3.87. The van der Waals surface area contributed by atoms with Gasteiger partial charge in [-0.15, -0.1) is 0 Å². The normalized spacial score (nSPS) is 18.7. The molecule has 0 heterocycles. The first-order valence-corrected chi connectivity index (χ1v) is 12.2. The second kappa shape index (κ2) is 7.31. The van der Waals surface area contributed by atoms with Crippen molar-refractivity contribution in [1.29, 1.82) is 0 Å². The second-order valence-corrected chi connectivity index (χ2v) is 10.3. The first kappa shape index (κ1) is 20.2. The van der Waals surface area contributed by atoms with E-state index in [1.807, 2.05) is 6.92 Å². The Morgan fingerprint density at radius 2 is 1.66 bits per heavy atom. The van der Waals surface area contributed by atoms with E-state index in [-0.39, 0.29) is 11.7 Å². The van der Waals surface area contributed by atoms with Crippen molar-refractivity contribution >= 4 is 27.6 Å². The van der Waals surface area contributed by atoms with Gasteiger partial charge in [-0.2, -0.15) is 0 Å². The first-order valence-electron chi connectivity index (χ1n) is 10.5. The molecule has 0 aliphatic heterocycles. The van der Waals surface area contributed by atoms with Gasteiger partial charge in [0.1, 0.15) is 0 Å². The molecule has 0 spiro atoms. The lowest BCUT2D eigenvalue weighted by Gasteiger charge is -2.29. The standard InChI is InChI=1S/C21H29N3O4S/c1-3-24(14(2)25)21(10-11-21)13-29(27,28)23-20(26)22-19-17-8-4-6-15(17)12-16-7-5-9-18(16)19/h12H,3-11,13H2,1-2H3,(H2,22,23,26). The molecule has 3 aliphatic rings. The van der Waals surface area contributed by atoms with Crippen LogP contribution < -0.4 is 10.0 Å². The Morgan fingerprint density at radius 1 is 1.07 bits per heavy atom. The molecule has 4 rings (SSSR count). The average molecular weight is 420 g/mol. The van der Waals surface area contributed by atoms with Crippen LogP contribution in [0.4, 0.5) is 10.5 Å². The van der Waals surface area contributed by atoms with E-state index in [9.17, 15) is 18.0 Å². The number of fused-ring (bicyclic) bond motifs is 2. The minimum absolute atomic E-state index is 0.139. The number of benzene rings is 1. The molecule has 1 aromatic carbocycles. The Balaban J connectivity index is 1.49. The number of hydrogen-bond acceptors (Lipinski definition) is 4. The van der Waals surface area contributed by atoms with Gasteiger partial charge in [-0.3, -0.25) is 4.79 Å². The maximum Gasteiger partial charge on any atom is 0.332 e. The number of carbonyl (C=O) groups excluding carboxylic acids is 2. The highest BCUT2D eigenvalue weighted by atomic mass is 32.2. The van der Waals surface area contributed by atoms with Crippen molar-refractivity contribution in [3.05, 3.63) is 28.3 Å². The molecule has 0 saturated heterocycles. The number of nitrogens with zero attached hydrogens (tertiary/aromatic N) is 1. The van der Waals surface area contributed by atoms with Crippen LogP contribution in [0.25, 0.3) is 0 Å². The highest BCUT2D eigenvalue weighted by molar-refractivity contribution is 7.90. The third-order valence-corrected chi connectivity index (χ3v) is 7.93. The summed E-state index contributed by atoms with van der Waals surface area (Å²) in [4.78, 5) is 26.1. The molecule has 0 bridgehead atoms. The van der Waals surface area contributed by atoms with Crippen molar-refractivity contribution < 1.29 is 18.0 Å². The number of amides is 3. The Hall–Kier alpha value is -2.09. The number of nitrogens with one attached hydrogen (secondary N) is 2. The smallest absolute Gasteiger partial charge is 0.332 e. The monoisotopic (exact) mass is 419 g/mol. The van der Waals surface area contributed by atoms with Gasteiger partial charge in [-0.1, -0.05) is 6.07 Å². The van der Waals surface area contributed by atoms with E-state index in [0.717, 1.165) is 55.3 Å². The Labute approximate surface area is 172 Å². The summed E-state index contributed by atoms with van der Waals surface area (Å²) in [6, 6.07) is 1.56. The van der Waals surface area contributed by atoms with Gasteiger partial charge in [-0.25, -0.2) is 17.9 Å². The minimum Gasteiger partial charge on any atom is -0.336 e. The van der Waals surface area contributed by atoms with Crippen LogP contribution in [0.15, 0.2) is 6.07 Å². The lowest BCUT2D eigenvalue weighted by atomic mass is 9.99. The molecule has 7 nitrogen and oxygen atoms in total. The molecule has 1 aromatic rings. The van der Waals surface area contributed by atoms with E-state index >= 15 is 0 Å². The minimum atomic E-state index is -3.87. The van der Waals surface area contributed by atoms with Gasteiger partial charge in [0.15, 0.2) is 0 Å². The van der Waals surface area contributed by atoms with E-state index in [1.165, 1.54) is 18.1 Å². The molecule has 0 radical (unpaired) electrons. The number of anilines is 1. The Kier molecular flexibility index (Phi) is 5.09. The predicted molar refractivity (Wildman–Crippen MR) is 111 cm³/mol. The van der Waals surface area contributed by atoms with Gasteiger partial charge in [0, 0.05) is 19.2 Å². The number of hydrogen-bond donors (Lipinski definition) is 2. The fourth-order valence-electron chi connectivity index (χ4n) is 5.17. The van der Waals surface area contributed by atoms with Crippen molar-refractivity contribution in [3.63, 3.8) is 0 Å². The summed E-state index contributed by atoms with van der Waals surface area (Å²) in [6.07, 6.45) is 7.26. The van der Waals surface area contributed by atoms with Crippen LogP contribution >= 0.6 is 0 Å². The van der Waals surface area contributed by atoms with Gasteiger partial charge in [0.2, 0.25) is 15.9 Å². The molecule has 0 aromatic heterocycles. The van der Waals surface area contributed by atoms with Crippen molar-refractivity contribution in [2.45, 2.75) is 70.8 Å². The van der Waals surface area contributed by atoms with Crippen LogP contribution in [0.3, 0.4) is 0 Å². The predicted octanol–water partition coefficient (Wildman–Crippen LogP) is 2.52. The van der Waals surface area contributed by atoms with Crippen LogP contribution in [0.5, 0.6) is 0 Å². The summed E-state index contributed by atoms with van der Waals surface area (Å²) < 4.78 is 27.6. The van der Waals surface area contributed by atoms with Crippen LogP contribution in [0.2, 0.25) is 0 Å². The van der Waals surface area contributed by atoms with Gasteiger partial charge < -0.3 is 10.2 Å². The molecule has 29 heavy (non-hydrogen) atoms. The summed E-state index contributed by atoms with van der Waals surface area (Å²) in [5, 5.41) is 2.86. The Bertz CT molecular complexity index is 934. The fourth-order valence-corrected chi connectivity index (χ4v) is 6.72. The molecule has 2 N–H and O–H groups in total. The lowest BCUT2D eigenvalue weighted by Crippen LogP contribution is -2.48. The molecule has 3 aliphatic carbocycles. The van der Waals surface area contributed by atoms with E-state index in [1.54, 1.807) is 4.90 Å². The molecule has 3 amide bonds. The van der Waals surface area contributed by atoms with Crippen molar-refractivity contribution in [2.24, 2.45) is 0 Å². The zero-order chi connectivity index (χ0) is 20.8. The van der Waals surface area contributed by atoms with E-state index < -0.39 is 21.6 Å². The molecule has 8 heteroatoms. The van der Waals surface area contributed by atoms with E-state index in [2.05, 4.69) is 16.1 Å². The first-order chi connectivity index (χ1) is 13.7. The van der Waals surface area contributed by atoms with Gasteiger partial charge >= 0.3 is 6.03 Å². The molecule has 0 unspecified atom stereocenters. The molecule has 1 saturated carbocycles. The maximum absolute atomic E-state index is 12.7. The van der Waals surface area contributed by atoms with Crippen molar-refractivity contribution in [2.75, 3.05) is 17.6 Å². The highest BCUT2D eigenvalue weighted by Gasteiger charge is 2.52. The summed E-state index contributed by atoms with van der Waals surface area (Å²) in [6.45, 7) is 3.75. The summed E-state index contributed by atoms with van der Waals surface area (Å²) in [5.74, 6) is -0.383. The molecule has 0 atom stereocenters. The zero-order valence-corrected chi connectivity index (χ0v) is 18.0. The maximum atomic E-state index is 12.7. The van der Waals surface area contributed by atoms with Crippen LogP contribution in [0, 0.1) is 0 Å². The number of aryl methyl sites for hydroxylation is 2. The third-order valence-electron chi connectivity index (χ3n) is 6.51. The summed E-state index contributed by atoms with van der Waals surface area (Å²) >= 11 is 0. The lowest BCUT2D eigenvalue weighted by molar-refractivity contribution is -0.131. The quantitative estimate of drug-likeness (QED) is 0.741. The number of sulfonamides is 1. The number of carbonyl (C=O) groups is 2. The Morgan fingerprint density at radius 3 is 2.14 bits per heavy atom. The molecule has 158 valence electrons. The largest absolute Gasteiger partial charge is 0.336 e. The average Bonchev–Trinajstić information content (AvgIpc) is 3.05. The number of urea groups is 1. The van der Waals surface area contributed by atoms with Crippen LogP contribution in [0.1, 0.15) is 61.8 Å². The van der Waals surface area contributed by atoms with E-state index in [4.69, 9.17) is 0 Å². The van der Waals surface area contributed by atoms with Gasteiger partial charge in [-0.05, 0) is 80.5 Å². The summed E-state index contributed by atoms with van der Waals surface area (Å²) in [5.41, 5.74) is 5.01. The SMILES string of the molecule is CCN(C(C)=O)C1(CS(=O)(=O)NC(=O)Nc2c3c(cc4c2CCC4)CCC3)CC1. The number of rotatable bonds is 6. The second-order valence-electron chi connectivity index (χ2n) is 8.54. The van der Waals surface area contributed by atoms with Crippen molar-refractivity contribution in [3.8, 4) is 0 Å².